The molecule has 0 saturated carbocycles. The smallest absolute Gasteiger partial charge is 0.222 e. The lowest BCUT2D eigenvalue weighted by Gasteiger charge is -2.38. The van der Waals surface area contributed by atoms with Crippen molar-refractivity contribution >= 4 is 17.6 Å². The second-order valence-corrected chi connectivity index (χ2v) is 7.02. The minimum Gasteiger partial charge on any atom is -0.355 e. The number of rotatable bonds is 6. The lowest BCUT2D eigenvalue weighted by Crippen LogP contribution is -2.49. The van der Waals surface area contributed by atoms with E-state index < -0.39 is 0 Å². The standard InChI is InChI=1S/C19H28N4O2/c1-21(18(24)9-5-12-22-13-6-10-19(22)25)16-7-4-14-23(15-16)17-8-2-3-11-20-17/h2-3,8,11,16H,4-7,9-10,12-15H2,1H3/t16-/m1/s1. The Bertz CT molecular complexity index is 592. The second kappa shape index (κ2) is 8.32. The van der Waals surface area contributed by atoms with E-state index in [0.717, 1.165) is 51.1 Å². The van der Waals surface area contributed by atoms with Crippen molar-refractivity contribution in [1.82, 2.24) is 14.8 Å². The van der Waals surface area contributed by atoms with Crippen LogP contribution in [0.4, 0.5) is 5.82 Å². The molecular weight excluding hydrogens is 316 g/mol. The lowest BCUT2D eigenvalue weighted by atomic mass is 10.0. The fraction of sp³-hybridized carbons (Fsp3) is 0.632. The van der Waals surface area contributed by atoms with Crippen molar-refractivity contribution in [3.63, 3.8) is 0 Å². The molecule has 136 valence electrons. The van der Waals surface area contributed by atoms with Crippen LogP contribution in [0.3, 0.4) is 0 Å². The Morgan fingerprint density at radius 1 is 1.32 bits per heavy atom. The highest BCUT2D eigenvalue weighted by Gasteiger charge is 2.27. The van der Waals surface area contributed by atoms with Gasteiger partial charge in [0.1, 0.15) is 5.82 Å². The fourth-order valence-electron chi connectivity index (χ4n) is 3.76. The predicted molar refractivity (Wildman–Crippen MR) is 97.3 cm³/mol. The van der Waals surface area contributed by atoms with E-state index in [1.165, 1.54) is 0 Å². The highest BCUT2D eigenvalue weighted by atomic mass is 16.2. The average molecular weight is 344 g/mol. The van der Waals surface area contributed by atoms with E-state index in [1.807, 2.05) is 41.2 Å². The SMILES string of the molecule is CN(C(=O)CCCN1CCCC1=O)[C@@H]1CCCN(c2ccccn2)C1. The number of anilines is 1. The number of piperidine rings is 1. The van der Waals surface area contributed by atoms with Crippen LogP contribution in [0.15, 0.2) is 24.4 Å². The molecule has 6 heteroatoms. The number of likely N-dealkylation sites (tertiary alicyclic amines) is 1. The van der Waals surface area contributed by atoms with Gasteiger partial charge in [-0.1, -0.05) is 6.07 Å². The molecule has 2 aliphatic rings. The maximum atomic E-state index is 12.5. The van der Waals surface area contributed by atoms with Gasteiger partial charge in [-0.15, -0.1) is 0 Å². The summed E-state index contributed by atoms with van der Waals surface area (Å²) in [4.78, 5) is 34.6. The first kappa shape index (κ1) is 17.7. The molecule has 3 rings (SSSR count). The van der Waals surface area contributed by atoms with Gasteiger partial charge < -0.3 is 14.7 Å². The van der Waals surface area contributed by atoms with E-state index in [4.69, 9.17) is 0 Å². The quantitative estimate of drug-likeness (QED) is 0.791. The van der Waals surface area contributed by atoms with Crippen molar-refractivity contribution in [3.8, 4) is 0 Å². The molecule has 1 atom stereocenters. The van der Waals surface area contributed by atoms with Gasteiger partial charge in [0.25, 0.3) is 0 Å². The molecule has 2 amide bonds. The molecule has 0 unspecified atom stereocenters. The van der Waals surface area contributed by atoms with Crippen LogP contribution in [0.2, 0.25) is 0 Å². The second-order valence-electron chi connectivity index (χ2n) is 7.02. The predicted octanol–water partition coefficient (Wildman–Crippen LogP) is 1.91. The zero-order chi connectivity index (χ0) is 17.6. The van der Waals surface area contributed by atoms with Crippen LogP contribution >= 0.6 is 0 Å². The number of nitrogens with zero attached hydrogens (tertiary/aromatic N) is 4. The number of aromatic nitrogens is 1. The zero-order valence-electron chi connectivity index (χ0n) is 15.1. The van der Waals surface area contributed by atoms with E-state index in [0.29, 0.717) is 19.4 Å². The molecular formula is C19H28N4O2. The molecule has 1 aromatic heterocycles. The van der Waals surface area contributed by atoms with Crippen molar-refractivity contribution in [2.75, 3.05) is 38.1 Å². The van der Waals surface area contributed by atoms with E-state index >= 15 is 0 Å². The minimum atomic E-state index is 0.180. The Balaban J connectivity index is 1.47. The molecule has 0 aromatic carbocycles. The van der Waals surface area contributed by atoms with Crippen LogP contribution < -0.4 is 4.90 Å². The van der Waals surface area contributed by atoms with E-state index in [1.54, 1.807) is 0 Å². The number of likely N-dealkylation sites (N-methyl/N-ethyl adjacent to an activating group) is 1. The minimum absolute atomic E-state index is 0.180. The molecule has 3 heterocycles. The van der Waals surface area contributed by atoms with Crippen molar-refractivity contribution in [1.29, 1.82) is 0 Å². The molecule has 25 heavy (non-hydrogen) atoms. The van der Waals surface area contributed by atoms with Gasteiger partial charge >= 0.3 is 0 Å². The zero-order valence-corrected chi connectivity index (χ0v) is 15.1. The normalized spacial score (nSPS) is 20.8. The fourth-order valence-corrected chi connectivity index (χ4v) is 3.76. The monoisotopic (exact) mass is 344 g/mol. The molecule has 2 fully saturated rings. The molecule has 0 aliphatic carbocycles. The molecule has 2 aliphatic heterocycles. The molecule has 6 nitrogen and oxygen atoms in total. The Labute approximate surface area is 149 Å². The molecule has 2 saturated heterocycles. The number of amides is 2. The largest absolute Gasteiger partial charge is 0.355 e. The first-order valence-corrected chi connectivity index (χ1v) is 9.34. The number of carbonyl (C=O) groups excluding carboxylic acids is 2. The number of hydrogen-bond acceptors (Lipinski definition) is 4. The van der Waals surface area contributed by atoms with Gasteiger partial charge in [0, 0.05) is 58.3 Å². The Morgan fingerprint density at radius 3 is 2.92 bits per heavy atom. The van der Waals surface area contributed by atoms with Crippen LogP contribution in [0.25, 0.3) is 0 Å². The van der Waals surface area contributed by atoms with Gasteiger partial charge in [-0.3, -0.25) is 9.59 Å². The maximum absolute atomic E-state index is 12.5. The lowest BCUT2D eigenvalue weighted by molar-refractivity contribution is -0.133. The van der Waals surface area contributed by atoms with Gasteiger partial charge in [-0.25, -0.2) is 4.98 Å². The van der Waals surface area contributed by atoms with Gasteiger partial charge in [-0.2, -0.15) is 0 Å². The average Bonchev–Trinajstić information content (AvgIpc) is 3.07. The van der Waals surface area contributed by atoms with E-state index in [9.17, 15) is 9.59 Å². The summed E-state index contributed by atoms with van der Waals surface area (Å²) in [5, 5.41) is 0. The number of carbonyl (C=O) groups is 2. The summed E-state index contributed by atoms with van der Waals surface area (Å²) in [7, 11) is 1.91. The van der Waals surface area contributed by atoms with E-state index in [2.05, 4.69) is 9.88 Å². The molecule has 0 spiro atoms. The van der Waals surface area contributed by atoms with E-state index in [-0.39, 0.29) is 17.9 Å². The molecule has 1 aromatic rings. The first-order chi connectivity index (χ1) is 12.1. The summed E-state index contributed by atoms with van der Waals surface area (Å²) in [6, 6.07) is 6.18. The third-order valence-corrected chi connectivity index (χ3v) is 5.30. The van der Waals surface area contributed by atoms with Crippen molar-refractivity contribution in [2.45, 2.75) is 44.6 Å². The van der Waals surface area contributed by atoms with Crippen LogP contribution in [-0.4, -0.2) is 65.9 Å². The van der Waals surface area contributed by atoms with Gasteiger partial charge in [0.15, 0.2) is 0 Å². The van der Waals surface area contributed by atoms with Crippen LogP contribution in [-0.2, 0) is 9.59 Å². The van der Waals surface area contributed by atoms with Gasteiger partial charge in [0.2, 0.25) is 11.8 Å². The summed E-state index contributed by atoms with van der Waals surface area (Å²) in [6.45, 7) is 3.39. The molecule has 0 radical (unpaired) electrons. The third kappa shape index (κ3) is 4.50. The topological polar surface area (TPSA) is 56.8 Å². The Morgan fingerprint density at radius 2 is 2.20 bits per heavy atom. The van der Waals surface area contributed by atoms with Crippen molar-refractivity contribution < 1.29 is 9.59 Å². The van der Waals surface area contributed by atoms with Gasteiger partial charge in [0.05, 0.1) is 0 Å². The van der Waals surface area contributed by atoms with Gasteiger partial charge in [-0.05, 0) is 37.8 Å². The summed E-state index contributed by atoms with van der Waals surface area (Å²) in [6.07, 6.45) is 6.81. The highest BCUT2D eigenvalue weighted by Crippen LogP contribution is 2.20. The third-order valence-electron chi connectivity index (χ3n) is 5.30. The molecule has 0 bridgehead atoms. The maximum Gasteiger partial charge on any atom is 0.222 e. The van der Waals surface area contributed by atoms with Crippen molar-refractivity contribution in [2.24, 2.45) is 0 Å². The van der Waals surface area contributed by atoms with Crippen LogP contribution in [0.5, 0.6) is 0 Å². The number of pyridine rings is 1. The molecule has 0 N–H and O–H groups in total. The number of hydrogen-bond donors (Lipinski definition) is 0. The van der Waals surface area contributed by atoms with Crippen LogP contribution in [0.1, 0.15) is 38.5 Å². The summed E-state index contributed by atoms with van der Waals surface area (Å²) < 4.78 is 0. The summed E-state index contributed by atoms with van der Waals surface area (Å²) in [5.74, 6) is 1.40. The first-order valence-electron chi connectivity index (χ1n) is 9.34. The van der Waals surface area contributed by atoms with Crippen LogP contribution in [0, 0.1) is 0 Å². The summed E-state index contributed by atoms with van der Waals surface area (Å²) in [5.41, 5.74) is 0. The van der Waals surface area contributed by atoms with Crippen molar-refractivity contribution in [3.05, 3.63) is 24.4 Å². The Hall–Kier alpha value is -2.11. The highest BCUT2D eigenvalue weighted by molar-refractivity contribution is 5.78. The summed E-state index contributed by atoms with van der Waals surface area (Å²) >= 11 is 0. The Kier molecular flexibility index (Phi) is 5.89.